The zero-order valence-corrected chi connectivity index (χ0v) is 14.7. The van der Waals surface area contributed by atoms with Crippen molar-refractivity contribution >= 4 is 45.2 Å². The number of hydrogen-bond acceptors (Lipinski definition) is 4. The molecule has 1 N–H and O–H groups in total. The van der Waals surface area contributed by atoms with Crippen LogP contribution in [-0.4, -0.2) is 24.7 Å². The van der Waals surface area contributed by atoms with Gasteiger partial charge in [-0.1, -0.05) is 35.3 Å². The molecule has 0 atom stereocenters. The predicted molar refractivity (Wildman–Crippen MR) is 102 cm³/mol. The lowest BCUT2D eigenvalue weighted by molar-refractivity contribution is 0.879. The van der Waals surface area contributed by atoms with Gasteiger partial charge < -0.3 is 4.98 Å². The van der Waals surface area contributed by atoms with E-state index in [1.54, 1.807) is 35.3 Å². The van der Waals surface area contributed by atoms with Crippen LogP contribution < -0.4 is 5.56 Å². The summed E-state index contributed by atoms with van der Waals surface area (Å²) in [7, 11) is 0. The maximum absolute atomic E-state index is 12.2. The minimum atomic E-state index is -0.291. The maximum atomic E-state index is 12.2. The Morgan fingerprint density at radius 2 is 1.96 bits per heavy atom. The van der Waals surface area contributed by atoms with Gasteiger partial charge in [-0.2, -0.15) is 5.10 Å². The molecule has 0 spiro atoms. The highest BCUT2D eigenvalue weighted by atomic mass is 35.5. The van der Waals surface area contributed by atoms with Gasteiger partial charge in [-0.05, 0) is 42.0 Å². The molecule has 0 aliphatic carbocycles. The van der Waals surface area contributed by atoms with Gasteiger partial charge in [0, 0.05) is 5.02 Å². The SMILES string of the molecule is O=c1[nH]c(/C(Cl)=C/c2ccc(-n3cncn3)cc2)nc2ccc(Cl)cc12. The van der Waals surface area contributed by atoms with Crippen LogP contribution in [0.25, 0.3) is 27.7 Å². The second-order valence-electron chi connectivity index (χ2n) is 5.50. The first-order chi connectivity index (χ1) is 12.6. The van der Waals surface area contributed by atoms with Crippen LogP contribution in [0.2, 0.25) is 5.02 Å². The number of benzene rings is 2. The van der Waals surface area contributed by atoms with Crippen LogP contribution in [-0.2, 0) is 0 Å². The molecule has 0 saturated heterocycles. The fraction of sp³-hybridized carbons (Fsp3) is 0. The molecule has 2 heterocycles. The molecule has 2 aromatic heterocycles. The Bertz CT molecular complexity index is 1160. The minimum absolute atomic E-state index is 0.291. The topological polar surface area (TPSA) is 76.5 Å². The van der Waals surface area contributed by atoms with Gasteiger partial charge in [-0.15, -0.1) is 0 Å². The third-order valence-corrected chi connectivity index (χ3v) is 4.29. The van der Waals surface area contributed by atoms with Gasteiger partial charge in [-0.3, -0.25) is 4.79 Å². The zero-order valence-electron chi connectivity index (χ0n) is 13.2. The standard InChI is InChI=1S/C18H11Cl2N5O/c19-12-3-6-16-14(8-12)18(26)24-17(23-16)15(20)7-11-1-4-13(5-2-11)25-10-21-9-22-25/h1-10H,(H,23,24,26)/b15-7-. The second kappa shape index (κ2) is 6.74. The summed E-state index contributed by atoms with van der Waals surface area (Å²) in [6, 6.07) is 12.5. The number of rotatable bonds is 3. The highest BCUT2D eigenvalue weighted by Crippen LogP contribution is 2.21. The fourth-order valence-corrected chi connectivity index (χ4v) is 2.89. The van der Waals surface area contributed by atoms with Crippen molar-refractivity contribution in [2.45, 2.75) is 0 Å². The minimum Gasteiger partial charge on any atom is -0.305 e. The summed E-state index contributed by atoms with van der Waals surface area (Å²) in [5.74, 6) is 0.298. The molecular weight excluding hydrogens is 373 g/mol. The summed E-state index contributed by atoms with van der Waals surface area (Å²) >= 11 is 12.3. The van der Waals surface area contributed by atoms with Gasteiger partial charge in [0.2, 0.25) is 0 Å². The predicted octanol–water partition coefficient (Wildman–Crippen LogP) is 3.89. The molecule has 6 nitrogen and oxygen atoms in total. The molecule has 0 radical (unpaired) electrons. The summed E-state index contributed by atoms with van der Waals surface area (Å²) in [6.07, 6.45) is 4.82. The molecule has 8 heteroatoms. The summed E-state index contributed by atoms with van der Waals surface area (Å²) in [5, 5.41) is 5.30. The normalized spacial score (nSPS) is 11.8. The Morgan fingerprint density at radius 1 is 1.15 bits per heavy atom. The van der Waals surface area contributed by atoms with E-state index in [4.69, 9.17) is 23.2 Å². The average molecular weight is 384 g/mol. The molecule has 0 unspecified atom stereocenters. The number of halogens is 2. The van der Waals surface area contributed by atoms with Crippen molar-refractivity contribution in [3.63, 3.8) is 0 Å². The van der Waals surface area contributed by atoms with E-state index >= 15 is 0 Å². The van der Waals surface area contributed by atoms with Crippen molar-refractivity contribution in [2.75, 3.05) is 0 Å². The first-order valence-corrected chi connectivity index (χ1v) is 8.38. The highest BCUT2D eigenvalue weighted by Gasteiger charge is 2.07. The summed E-state index contributed by atoms with van der Waals surface area (Å²) in [6.45, 7) is 0. The Balaban J connectivity index is 1.68. The van der Waals surface area contributed by atoms with Gasteiger partial charge in [-0.25, -0.2) is 14.6 Å². The molecule has 0 bridgehead atoms. The molecule has 2 aromatic carbocycles. The third-order valence-electron chi connectivity index (χ3n) is 3.76. The molecule has 26 heavy (non-hydrogen) atoms. The van der Waals surface area contributed by atoms with Crippen LogP contribution in [0.1, 0.15) is 11.4 Å². The number of fused-ring (bicyclic) bond motifs is 1. The lowest BCUT2D eigenvalue weighted by Gasteiger charge is -2.04. The Labute approximate surface area is 157 Å². The Morgan fingerprint density at radius 3 is 2.69 bits per heavy atom. The number of aromatic nitrogens is 5. The smallest absolute Gasteiger partial charge is 0.259 e. The Hall–Kier alpha value is -2.96. The zero-order chi connectivity index (χ0) is 18.1. The van der Waals surface area contributed by atoms with E-state index in [0.29, 0.717) is 26.8 Å². The second-order valence-corrected chi connectivity index (χ2v) is 6.34. The van der Waals surface area contributed by atoms with E-state index in [2.05, 4.69) is 20.1 Å². The van der Waals surface area contributed by atoms with E-state index in [9.17, 15) is 4.79 Å². The lowest BCUT2D eigenvalue weighted by atomic mass is 10.2. The summed E-state index contributed by atoms with van der Waals surface area (Å²) in [4.78, 5) is 23.2. The molecule has 0 aliphatic rings. The van der Waals surface area contributed by atoms with E-state index in [1.165, 1.54) is 6.33 Å². The molecule has 4 rings (SSSR count). The molecule has 0 amide bonds. The number of hydrogen-bond donors (Lipinski definition) is 1. The van der Waals surface area contributed by atoms with Gasteiger partial charge >= 0.3 is 0 Å². The van der Waals surface area contributed by atoms with Gasteiger partial charge in [0.15, 0.2) is 5.82 Å². The third kappa shape index (κ3) is 3.24. The molecule has 128 valence electrons. The quantitative estimate of drug-likeness (QED) is 0.581. The largest absolute Gasteiger partial charge is 0.305 e. The van der Waals surface area contributed by atoms with Crippen molar-refractivity contribution in [3.8, 4) is 5.69 Å². The molecular formula is C18H11Cl2N5O. The van der Waals surface area contributed by atoms with E-state index in [-0.39, 0.29) is 5.56 Å². The molecule has 4 aromatic rings. The van der Waals surface area contributed by atoms with Gasteiger partial charge in [0.1, 0.15) is 12.7 Å². The number of H-pyrrole nitrogens is 1. The Kier molecular flexibility index (Phi) is 4.28. The van der Waals surface area contributed by atoms with Crippen LogP contribution >= 0.6 is 23.2 Å². The number of aromatic amines is 1. The van der Waals surface area contributed by atoms with Crippen molar-refractivity contribution in [3.05, 3.63) is 81.9 Å². The van der Waals surface area contributed by atoms with E-state index in [0.717, 1.165) is 11.3 Å². The van der Waals surface area contributed by atoms with Crippen molar-refractivity contribution in [1.82, 2.24) is 24.7 Å². The number of nitrogens with one attached hydrogen (secondary N) is 1. The molecule has 0 saturated carbocycles. The van der Waals surface area contributed by atoms with Crippen molar-refractivity contribution in [1.29, 1.82) is 0 Å². The number of nitrogens with zero attached hydrogens (tertiary/aromatic N) is 4. The molecule has 0 aliphatic heterocycles. The fourth-order valence-electron chi connectivity index (χ4n) is 2.50. The first-order valence-electron chi connectivity index (χ1n) is 7.62. The van der Waals surface area contributed by atoms with Crippen LogP contribution in [0.3, 0.4) is 0 Å². The van der Waals surface area contributed by atoms with Crippen LogP contribution in [0.5, 0.6) is 0 Å². The maximum Gasteiger partial charge on any atom is 0.259 e. The van der Waals surface area contributed by atoms with Crippen LogP contribution in [0.4, 0.5) is 0 Å². The van der Waals surface area contributed by atoms with E-state index in [1.807, 2.05) is 24.3 Å². The van der Waals surface area contributed by atoms with E-state index < -0.39 is 0 Å². The first kappa shape index (κ1) is 16.5. The summed E-state index contributed by atoms with van der Waals surface area (Å²) < 4.78 is 1.66. The lowest BCUT2D eigenvalue weighted by Crippen LogP contribution is -2.10. The van der Waals surface area contributed by atoms with Crippen LogP contribution in [0, 0.1) is 0 Å². The van der Waals surface area contributed by atoms with Gasteiger partial charge in [0.25, 0.3) is 5.56 Å². The molecule has 0 fully saturated rings. The average Bonchev–Trinajstić information content (AvgIpc) is 3.17. The summed E-state index contributed by atoms with van der Waals surface area (Å²) in [5.41, 5.74) is 1.98. The highest BCUT2D eigenvalue weighted by molar-refractivity contribution is 6.50. The van der Waals surface area contributed by atoms with Gasteiger partial charge in [0.05, 0.1) is 21.6 Å². The van der Waals surface area contributed by atoms with Crippen molar-refractivity contribution in [2.24, 2.45) is 0 Å². The van der Waals surface area contributed by atoms with Crippen molar-refractivity contribution < 1.29 is 0 Å². The van der Waals surface area contributed by atoms with Crippen LogP contribution in [0.15, 0.2) is 59.9 Å². The monoisotopic (exact) mass is 383 g/mol.